The van der Waals surface area contributed by atoms with Crippen LogP contribution in [0.3, 0.4) is 0 Å². The number of amides is 1. The molecule has 0 fully saturated rings. The molecular formula is C22H15N7O. The first-order chi connectivity index (χ1) is 14.7. The third-order valence-electron chi connectivity index (χ3n) is 5.14. The van der Waals surface area contributed by atoms with E-state index in [2.05, 4.69) is 31.4 Å². The van der Waals surface area contributed by atoms with Crippen molar-refractivity contribution in [1.82, 2.24) is 24.6 Å². The van der Waals surface area contributed by atoms with E-state index >= 15 is 0 Å². The number of fused-ring (bicyclic) bond motifs is 3. The first-order valence-corrected chi connectivity index (χ1v) is 9.49. The summed E-state index contributed by atoms with van der Waals surface area (Å²) in [5, 5.41) is 8.53. The van der Waals surface area contributed by atoms with E-state index in [4.69, 9.17) is 0 Å². The van der Waals surface area contributed by atoms with Crippen LogP contribution < -0.4 is 10.2 Å². The molecule has 0 saturated carbocycles. The number of anilines is 4. The molecule has 1 N–H and O–H groups in total. The molecule has 8 nitrogen and oxygen atoms in total. The highest BCUT2D eigenvalue weighted by atomic mass is 16.1. The van der Waals surface area contributed by atoms with Gasteiger partial charge in [0.15, 0.2) is 5.65 Å². The summed E-state index contributed by atoms with van der Waals surface area (Å²) >= 11 is 0. The van der Waals surface area contributed by atoms with Gasteiger partial charge in [0, 0.05) is 29.2 Å². The Bertz CT molecular complexity index is 1410. The monoisotopic (exact) mass is 393 g/mol. The Balaban J connectivity index is 1.56. The lowest BCUT2D eigenvalue weighted by Gasteiger charge is -2.22. The number of carbonyl (C=O) groups is 1. The van der Waals surface area contributed by atoms with E-state index in [1.165, 1.54) is 0 Å². The van der Waals surface area contributed by atoms with E-state index in [1.807, 2.05) is 53.6 Å². The second kappa shape index (κ2) is 6.35. The fraction of sp³-hybridized carbons (Fsp3) is 0.0455. The highest BCUT2D eigenvalue weighted by Gasteiger charge is 2.23. The molecule has 8 heteroatoms. The molecule has 0 unspecified atom stereocenters. The third-order valence-corrected chi connectivity index (χ3v) is 5.14. The molecule has 1 amide bonds. The molecule has 3 aromatic heterocycles. The number of nitrogens with one attached hydrogen (secondary N) is 1. The minimum Gasteiger partial charge on any atom is -0.326 e. The zero-order chi connectivity index (χ0) is 20.1. The first kappa shape index (κ1) is 16.6. The zero-order valence-electron chi connectivity index (χ0n) is 15.7. The van der Waals surface area contributed by atoms with Crippen LogP contribution in [0.2, 0.25) is 0 Å². The molecule has 0 atom stereocenters. The van der Waals surface area contributed by atoms with Gasteiger partial charge in [0.05, 0.1) is 30.0 Å². The molecule has 0 bridgehead atoms. The molecule has 6 rings (SSSR count). The van der Waals surface area contributed by atoms with Gasteiger partial charge in [-0.3, -0.25) is 19.7 Å². The van der Waals surface area contributed by atoms with Crippen molar-refractivity contribution in [2.24, 2.45) is 0 Å². The summed E-state index contributed by atoms with van der Waals surface area (Å²) in [7, 11) is 0. The van der Waals surface area contributed by atoms with Crippen LogP contribution in [0.4, 0.5) is 23.0 Å². The Morgan fingerprint density at radius 2 is 1.97 bits per heavy atom. The molecule has 0 spiro atoms. The van der Waals surface area contributed by atoms with E-state index in [0.29, 0.717) is 18.0 Å². The van der Waals surface area contributed by atoms with Gasteiger partial charge < -0.3 is 5.32 Å². The summed E-state index contributed by atoms with van der Waals surface area (Å²) in [6, 6.07) is 15.9. The second-order valence-electron chi connectivity index (χ2n) is 7.08. The zero-order valence-corrected chi connectivity index (χ0v) is 15.7. The summed E-state index contributed by atoms with van der Waals surface area (Å²) in [4.78, 5) is 27.2. The molecule has 1 aliphatic heterocycles. The Morgan fingerprint density at radius 1 is 1.03 bits per heavy atom. The molecule has 2 aromatic carbocycles. The van der Waals surface area contributed by atoms with E-state index in [9.17, 15) is 4.79 Å². The minimum atomic E-state index is -0.00185. The topological polar surface area (TPSA) is 88.3 Å². The summed E-state index contributed by atoms with van der Waals surface area (Å²) in [6.07, 6.45) is 7.25. The lowest BCUT2D eigenvalue weighted by Crippen LogP contribution is -2.12. The fourth-order valence-corrected chi connectivity index (χ4v) is 3.74. The number of aromatic nitrogens is 5. The Kier molecular flexibility index (Phi) is 3.51. The molecule has 0 aliphatic carbocycles. The molecule has 1 aliphatic rings. The van der Waals surface area contributed by atoms with Crippen LogP contribution in [-0.4, -0.2) is 30.5 Å². The number of benzene rings is 2. The molecule has 30 heavy (non-hydrogen) atoms. The third kappa shape index (κ3) is 2.66. The van der Waals surface area contributed by atoms with E-state index in [-0.39, 0.29) is 5.91 Å². The maximum Gasteiger partial charge on any atom is 0.254 e. The predicted octanol–water partition coefficient (Wildman–Crippen LogP) is 3.64. The number of hydrogen-bond donors (Lipinski definition) is 1. The van der Waals surface area contributed by atoms with Gasteiger partial charge in [0.2, 0.25) is 5.91 Å². The Morgan fingerprint density at radius 3 is 2.90 bits per heavy atom. The summed E-state index contributed by atoms with van der Waals surface area (Å²) in [5.74, 6) is 0.496. The van der Waals surface area contributed by atoms with Crippen molar-refractivity contribution in [1.29, 1.82) is 0 Å². The van der Waals surface area contributed by atoms with Crippen LogP contribution in [0.15, 0.2) is 73.3 Å². The molecule has 5 aromatic rings. The van der Waals surface area contributed by atoms with Gasteiger partial charge in [0.25, 0.3) is 5.95 Å². The maximum absolute atomic E-state index is 11.8. The van der Waals surface area contributed by atoms with Crippen LogP contribution in [0.25, 0.3) is 16.6 Å². The van der Waals surface area contributed by atoms with Crippen LogP contribution in [0.1, 0.15) is 5.56 Å². The average molecular weight is 393 g/mol. The molecule has 0 radical (unpaired) electrons. The quantitative estimate of drug-likeness (QED) is 0.504. The average Bonchev–Trinajstić information content (AvgIpc) is 3.35. The number of carbonyl (C=O) groups excluding carboxylic acids is 1. The lowest BCUT2D eigenvalue weighted by molar-refractivity contribution is -0.115. The molecule has 0 saturated heterocycles. The predicted molar refractivity (Wildman–Crippen MR) is 113 cm³/mol. The second-order valence-corrected chi connectivity index (χ2v) is 7.08. The SMILES string of the molecule is O=C1Cc2cc(N(c3cnc4ccccc4c3)c3nc4cnccn4n3)ccc2N1. The van der Waals surface area contributed by atoms with Crippen LogP contribution >= 0.6 is 0 Å². The standard InChI is InChI=1S/C22H15N7O/c30-21-11-15-10-16(5-6-19(15)25-21)29(22-26-20-13-23-7-8-28(20)27-22)17-9-14-3-1-2-4-18(14)24-12-17/h1-10,12-13H,11H2,(H,25,30). The van der Waals surface area contributed by atoms with Crippen molar-refractivity contribution in [2.45, 2.75) is 6.42 Å². The van der Waals surface area contributed by atoms with Gasteiger partial charge >= 0.3 is 0 Å². The number of para-hydroxylation sites is 1. The van der Waals surface area contributed by atoms with Gasteiger partial charge in [-0.25, -0.2) is 4.52 Å². The van der Waals surface area contributed by atoms with E-state index < -0.39 is 0 Å². The van der Waals surface area contributed by atoms with Crippen molar-refractivity contribution in [3.63, 3.8) is 0 Å². The molecular weight excluding hydrogens is 378 g/mol. The Labute approximate surface area is 170 Å². The van der Waals surface area contributed by atoms with Gasteiger partial charge in [-0.15, -0.1) is 5.10 Å². The summed E-state index contributed by atoms with van der Waals surface area (Å²) in [6.45, 7) is 0. The van der Waals surface area contributed by atoms with Crippen molar-refractivity contribution < 1.29 is 4.79 Å². The largest absolute Gasteiger partial charge is 0.326 e. The summed E-state index contributed by atoms with van der Waals surface area (Å²) < 4.78 is 1.68. The lowest BCUT2D eigenvalue weighted by atomic mass is 10.1. The number of hydrogen-bond acceptors (Lipinski definition) is 6. The van der Waals surface area contributed by atoms with Gasteiger partial charge in [-0.1, -0.05) is 18.2 Å². The van der Waals surface area contributed by atoms with Gasteiger partial charge in [-0.05, 0) is 35.9 Å². The molecule has 4 heterocycles. The van der Waals surface area contributed by atoms with Crippen LogP contribution in [-0.2, 0) is 11.2 Å². The van der Waals surface area contributed by atoms with Gasteiger partial charge in [0.1, 0.15) is 0 Å². The Hall–Kier alpha value is -4.33. The van der Waals surface area contributed by atoms with Crippen molar-refractivity contribution in [2.75, 3.05) is 10.2 Å². The maximum atomic E-state index is 11.8. The fourth-order valence-electron chi connectivity index (χ4n) is 3.74. The van der Waals surface area contributed by atoms with E-state index in [0.717, 1.165) is 33.5 Å². The van der Waals surface area contributed by atoms with Crippen molar-refractivity contribution in [3.05, 3.63) is 78.9 Å². The highest BCUT2D eigenvalue weighted by molar-refractivity contribution is 6.00. The number of nitrogens with zero attached hydrogens (tertiary/aromatic N) is 6. The van der Waals surface area contributed by atoms with Gasteiger partial charge in [-0.2, -0.15) is 4.98 Å². The highest BCUT2D eigenvalue weighted by Crippen LogP contribution is 2.36. The first-order valence-electron chi connectivity index (χ1n) is 9.49. The van der Waals surface area contributed by atoms with Crippen LogP contribution in [0, 0.1) is 0 Å². The number of pyridine rings is 1. The van der Waals surface area contributed by atoms with Crippen molar-refractivity contribution >= 4 is 45.5 Å². The normalized spacial score (nSPS) is 12.9. The number of rotatable bonds is 3. The minimum absolute atomic E-state index is 0.00185. The molecule has 144 valence electrons. The summed E-state index contributed by atoms with van der Waals surface area (Å²) in [5.41, 5.74) is 5.02. The van der Waals surface area contributed by atoms with Crippen LogP contribution in [0.5, 0.6) is 0 Å². The van der Waals surface area contributed by atoms with E-state index in [1.54, 1.807) is 23.1 Å². The smallest absolute Gasteiger partial charge is 0.254 e. The van der Waals surface area contributed by atoms with Crippen molar-refractivity contribution in [3.8, 4) is 0 Å².